The Labute approximate surface area is 213 Å². The molecule has 0 spiro atoms. The number of carbonyl (C=O) groups is 1. The summed E-state index contributed by atoms with van der Waals surface area (Å²) in [5, 5.41) is 4.49. The topological polar surface area (TPSA) is 89.9 Å². The maximum Gasteiger partial charge on any atom is 0.419 e. The Kier molecular flexibility index (Phi) is 6.78. The largest absolute Gasteiger partial charge is 0.419 e. The number of alkyl halides is 3. The number of hydrogen-bond donors (Lipinski definition) is 1. The number of likely N-dealkylation sites (tertiary alicyclic amines) is 1. The van der Waals surface area contributed by atoms with Gasteiger partial charge in [0.2, 0.25) is 5.91 Å². The third-order valence-corrected chi connectivity index (χ3v) is 7.69. The van der Waals surface area contributed by atoms with Crippen molar-refractivity contribution in [3.8, 4) is 0 Å². The number of halogens is 3. The van der Waals surface area contributed by atoms with Gasteiger partial charge in [-0.15, -0.1) is 0 Å². The summed E-state index contributed by atoms with van der Waals surface area (Å²) in [6.45, 7) is 2.02. The van der Waals surface area contributed by atoms with E-state index in [1.165, 1.54) is 0 Å². The highest BCUT2D eigenvalue weighted by atomic mass is 19.4. The molecule has 3 heterocycles. The van der Waals surface area contributed by atoms with E-state index in [2.05, 4.69) is 27.0 Å². The summed E-state index contributed by atoms with van der Waals surface area (Å²) in [5.41, 5.74) is 6.59. The van der Waals surface area contributed by atoms with E-state index in [9.17, 15) is 18.0 Å². The van der Waals surface area contributed by atoms with Crippen molar-refractivity contribution in [1.82, 2.24) is 24.6 Å². The summed E-state index contributed by atoms with van der Waals surface area (Å²) >= 11 is 0. The molecule has 1 amide bonds. The third-order valence-electron chi connectivity index (χ3n) is 7.69. The van der Waals surface area contributed by atoms with Crippen LogP contribution in [-0.4, -0.2) is 50.7 Å². The zero-order chi connectivity index (χ0) is 26.2. The van der Waals surface area contributed by atoms with Crippen LogP contribution in [0.25, 0.3) is 0 Å². The first kappa shape index (κ1) is 25.4. The first-order valence-corrected chi connectivity index (χ1v) is 12.7. The second kappa shape index (κ2) is 9.89. The van der Waals surface area contributed by atoms with E-state index in [4.69, 9.17) is 5.73 Å². The number of piperidine rings is 1. The van der Waals surface area contributed by atoms with Gasteiger partial charge in [-0.1, -0.05) is 24.3 Å². The molecule has 0 unspecified atom stereocenters. The average Bonchev–Trinajstić information content (AvgIpc) is 3.56. The normalized spacial score (nSPS) is 18.2. The van der Waals surface area contributed by atoms with Crippen LogP contribution in [0.2, 0.25) is 0 Å². The highest BCUT2D eigenvalue weighted by molar-refractivity contribution is 5.90. The lowest BCUT2D eigenvalue weighted by molar-refractivity contribution is -0.138. The second-order valence-electron chi connectivity index (χ2n) is 10.3. The first-order valence-electron chi connectivity index (χ1n) is 12.7. The Bertz CT molecular complexity index is 1280. The van der Waals surface area contributed by atoms with Crippen molar-refractivity contribution in [3.63, 3.8) is 0 Å². The molecule has 1 aromatic carbocycles. The highest BCUT2D eigenvalue weighted by Crippen LogP contribution is 2.49. The monoisotopic (exact) mass is 512 g/mol. The molecule has 196 valence electrons. The van der Waals surface area contributed by atoms with Gasteiger partial charge in [0.25, 0.3) is 0 Å². The van der Waals surface area contributed by atoms with Crippen LogP contribution in [-0.2, 0) is 35.6 Å². The molecule has 2 fully saturated rings. The number of aromatic nitrogens is 4. The standard InChI is InChI=1S/C27H31F3N6O/c1-35-12-8-20(9-13-35)36-17-18(15-33-36)14-24-32-16-22(27(28,29)30)23(34-24)7-6-19-4-2-3-5-21(19)26(10-11-26)25(31)37/h2-5,15-17,20H,6-14H2,1H3,(H2,31,37). The number of hydrogen-bond acceptors (Lipinski definition) is 5. The lowest BCUT2D eigenvalue weighted by Crippen LogP contribution is -2.31. The van der Waals surface area contributed by atoms with Gasteiger partial charge in [0.05, 0.1) is 28.9 Å². The Morgan fingerprint density at radius 2 is 1.86 bits per heavy atom. The number of nitrogens with two attached hydrogens (primary N) is 1. The van der Waals surface area contributed by atoms with E-state index in [0.29, 0.717) is 37.5 Å². The second-order valence-corrected chi connectivity index (χ2v) is 10.3. The van der Waals surface area contributed by atoms with Crippen LogP contribution in [0.1, 0.15) is 65.5 Å². The van der Waals surface area contributed by atoms with Crippen molar-refractivity contribution in [2.24, 2.45) is 5.73 Å². The summed E-state index contributed by atoms with van der Waals surface area (Å²) in [6, 6.07) is 7.69. The summed E-state index contributed by atoms with van der Waals surface area (Å²) in [6.07, 6.45) is 4.07. The third kappa shape index (κ3) is 5.39. The zero-order valence-electron chi connectivity index (χ0n) is 20.8. The smallest absolute Gasteiger partial charge is 0.369 e. The van der Waals surface area contributed by atoms with Crippen molar-refractivity contribution in [2.75, 3.05) is 20.1 Å². The molecule has 0 radical (unpaired) electrons. The molecular weight excluding hydrogens is 481 g/mol. The van der Waals surface area contributed by atoms with Crippen LogP contribution in [0.3, 0.4) is 0 Å². The minimum atomic E-state index is -4.56. The molecule has 1 aliphatic carbocycles. The van der Waals surface area contributed by atoms with Gasteiger partial charge in [0.15, 0.2) is 0 Å². The van der Waals surface area contributed by atoms with Gasteiger partial charge in [-0.3, -0.25) is 9.48 Å². The van der Waals surface area contributed by atoms with Crippen LogP contribution in [0.4, 0.5) is 13.2 Å². The number of rotatable bonds is 8. The van der Waals surface area contributed by atoms with E-state index in [0.717, 1.165) is 48.8 Å². The van der Waals surface area contributed by atoms with Gasteiger partial charge >= 0.3 is 6.18 Å². The van der Waals surface area contributed by atoms with Crippen molar-refractivity contribution >= 4 is 5.91 Å². The summed E-state index contributed by atoms with van der Waals surface area (Å²) in [5.74, 6) is -0.0592. The van der Waals surface area contributed by atoms with Gasteiger partial charge < -0.3 is 10.6 Å². The molecule has 37 heavy (non-hydrogen) atoms. The van der Waals surface area contributed by atoms with Gasteiger partial charge in [0.1, 0.15) is 5.82 Å². The fourth-order valence-corrected chi connectivity index (χ4v) is 5.31. The lowest BCUT2D eigenvalue weighted by Gasteiger charge is -2.28. The molecule has 5 rings (SSSR count). The Morgan fingerprint density at radius 1 is 1.14 bits per heavy atom. The first-order chi connectivity index (χ1) is 17.7. The maximum atomic E-state index is 13.8. The molecule has 2 N–H and O–H groups in total. The molecule has 0 atom stereocenters. The molecule has 2 aromatic heterocycles. The molecule has 0 bridgehead atoms. The van der Waals surface area contributed by atoms with Gasteiger partial charge in [-0.05, 0) is 75.4 Å². The maximum absolute atomic E-state index is 13.8. The highest BCUT2D eigenvalue weighted by Gasteiger charge is 2.50. The van der Waals surface area contributed by atoms with Crippen molar-refractivity contribution in [1.29, 1.82) is 0 Å². The molecule has 2 aliphatic rings. The molecule has 3 aromatic rings. The number of nitrogens with zero attached hydrogens (tertiary/aromatic N) is 5. The predicted molar refractivity (Wildman–Crippen MR) is 132 cm³/mol. The van der Waals surface area contributed by atoms with Crippen LogP contribution in [0.15, 0.2) is 42.9 Å². The molecular formula is C27H31F3N6O. The van der Waals surface area contributed by atoms with Gasteiger partial charge in [-0.25, -0.2) is 9.97 Å². The number of primary amides is 1. The predicted octanol–water partition coefficient (Wildman–Crippen LogP) is 3.85. The molecule has 1 saturated heterocycles. The minimum absolute atomic E-state index is 0.0427. The van der Waals surface area contributed by atoms with Gasteiger partial charge in [0, 0.05) is 18.8 Å². The van der Waals surface area contributed by atoms with Crippen molar-refractivity contribution < 1.29 is 18.0 Å². The van der Waals surface area contributed by atoms with E-state index < -0.39 is 17.2 Å². The van der Waals surface area contributed by atoms with Crippen LogP contribution in [0, 0.1) is 0 Å². The van der Waals surface area contributed by atoms with Crippen LogP contribution in [0.5, 0.6) is 0 Å². The molecule has 10 heteroatoms. The van der Waals surface area contributed by atoms with E-state index in [-0.39, 0.29) is 18.0 Å². The molecule has 1 aliphatic heterocycles. The van der Waals surface area contributed by atoms with Crippen molar-refractivity contribution in [2.45, 2.75) is 62.6 Å². The van der Waals surface area contributed by atoms with Crippen LogP contribution >= 0.6 is 0 Å². The number of aryl methyl sites for hydroxylation is 2. The zero-order valence-corrected chi connectivity index (χ0v) is 20.8. The van der Waals surface area contributed by atoms with Gasteiger partial charge in [-0.2, -0.15) is 18.3 Å². The van der Waals surface area contributed by atoms with Crippen LogP contribution < -0.4 is 5.73 Å². The van der Waals surface area contributed by atoms with E-state index >= 15 is 0 Å². The fourth-order valence-electron chi connectivity index (χ4n) is 5.31. The average molecular weight is 513 g/mol. The Morgan fingerprint density at radius 3 is 2.54 bits per heavy atom. The number of benzene rings is 1. The Balaban J connectivity index is 1.35. The minimum Gasteiger partial charge on any atom is -0.369 e. The summed E-state index contributed by atoms with van der Waals surface area (Å²) in [4.78, 5) is 22.8. The fraction of sp³-hybridized carbons (Fsp3) is 0.481. The summed E-state index contributed by atoms with van der Waals surface area (Å²) < 4.78 is 43.3. The SMILES string of the molecule is CN1CCC(n2cc(Cc3ncc(C(F)(F)F)c(CCc4ccccc4C4(C(N)=O)CC4)n3)cn2)CC1. The number of carbonyl (C=O) groups excluding carboxylic acids is 1. The Hall–Kier alpha value is -3.27. The quantitative estimate of drug-likeness (QED) is 0.495. The molecule has 1 saturated carbocycles. The van der Waals surface area contributed by atoms with E-state index in [1.54, 1.807) is 6.20 Å². The summed E-state index contributed by atoms with van der Waals surface area (Å²) in [7, 11) is 2.10. The lowest BCUT2D eigenvalue weighted by atomic mass is 9.88. The molecule has 7 nitrogen and oxygen atoms in total. The van der Waals surface area contributed by atoms with Crippen molar-refractivity contribution in [3.05, 3.63) is 76.6 Å². The number of amides is 1. The van der Waals surface area contributed by atoms with E-state index in [1.807, 2.05) is 35.1 Å².